The van der Waals surface area contributed by atoms with E-state index in [1.54, 1.807) is 18.2 Å². The van der Waals surface area contributed by atoms with Crippen LogP contribution in [-0.4, -0.2) is 18.4 Å². The molecule has 0 saturated carbocycles. The van der Waals surface area contributed by atoms with E-state index in [0.29, 0.717) is 23.1 Å². The van der Waals surface area contributed by atoms with Crippen LogP contribution >= 0.6 is 15.9 Å². The molecule has 0 aromatic heterocycles. The number of carbonyl (C=O) groups is 2. The normalized spacial score (nSPS) is 17.2. The van der Waals surface area contributed by atoms with E-state index in [1.807, 2.05) is 19.1 Å². The molecule has 1 aliphatic heterocycles. The summed E-state index contributed by atoms with van der Waals surface area (Å²) >= 11 is 3.19. The van der Waals surface area contributed by atoms with Crippen LogP contribution in [0.1, 0.15) is 12.0 Å². The van der Waals surface area contributed by atoms with Crippen molar-refractivity contribution in [2.24, 2.45) is 5.92 Å². The van der Waals surface area contributed by atoms with Gasteiger partial charge in [-0.15, -0.1) is 0 Å². The SMILES string of the molecule is Cc1ccc(NC(=O)C2CCN(c3ccc(Br)cc3F)C2=O)cc1. The Hall–Kier alpha value is -2.21. The Morgan fingerprint density at radius 3 is 2.62 bits per heavy atom. The fourth-order valence-corrected chi connectivity index (χ4v) is 3.06. The fraction of sp³-hybridized carbons (Fsp3) is 0.222. The lowest BCUT2D eigenvalue weighted by molar-refractivity contribution is -0.129. The minimum absolute atomic E-state index is 0.203. The molecule has 24 heavy (non-hydrogen) atoms. The van der Waals surface area contributed by atoms with Crippen LogP contribution in [0.3, 0.4) is 0 Å². The van der Waals surface area contributed by atoms with Gasteiger partial charge in [-0.2, -0.15) is 0 Å². The summed E-state index contributed by atoms with van der Waals surface area (Å²) in [5.41, 5.74) is 1.93. The van der Waals surface area contributed by atoms with Crippen LogP contribution in [0.15, 0.2) is 46.9 Å². The van der Waals surface area contributed by atoms with E-state index in [1.165, 1.54) is 17.0 Å². The first-order chi connectivity index (χ1) is 11.5. The number of nitrogens with zero attached hydrogens (tertiary/aromatic N) is 1. The lowest BCUT2D eigenvalue weighted by Gasteiger charge is -2.17. The zero-order valence-electron chi connectivity index (χ0n) is 13.1. The van der Waals surface area contributed by atoms with Gasteiger partial charge in [-0.3, -0.25) is 9.59 Å². The predicted molar refractivity (Wildman–Crippen MR) is 94.4 cm³/mol. The Kier molecular flexibility index (Phi) is 4.66. The first-order valence-corrected chi connectivity index (χ1v) is 8.39. The molecular formula is C18H16BrFN2O2. The van der Waals surface area contributed by atoms with Crippen LogP contribution in [0.25, 0.3) is 0 Å². The third-order valence-corrected chi connectivity index (χ3v) is 4.53. The average molecular weight is 391 g/mol. The molecular weight excluding hydrogens is 375 g/mol. The molecule has 1 saturated heterocycles. The highest BCUT2D eigenvalue weighted by molar-refractivity contribution is 9.10. The smallest absolute Gasteiger partial charge is 0.239 e. The second kappa shape index (κ2) is 6.73. The molecule has 1 fully saturated rings. The van der Waals surface area contributed by atoms with Crippen molar-refractivity contribution in [1.82, 2.24) is 0 Å². The number of rotatable bonds is 3. The topological polar surface area (TPSA) is 49.4 Å². The second-order valence-corrected chi connectivity index (χ2v) is 6.70. The molecule has 0 bridgehead atoms. The molecule has 1 N–H and O–H groups in total. The number of hydrogen-bond acceptors (Lipinski definition) is 2. The predicted octanol–water partition coefficient (Wildman–Crippen LogP) is 3.89. The maximum absolute atomic E-state index is 14.1. The molecule has 124 valence electrons. The van der Waals surface area contributed by atoms with Crippen LogP contribution < -0.4 is 10.2 Å². The van der Waals surface area contributed by atoms with Gasteiger partial charge in [0.25, 0.3) is 0 Å². The molecule has 0 aliphatic carbocycles. The van der Waals surface area contributed by atoms with Crippen LogP contribution in [0.2, 0.25) is 0 Å². The Morgan fingerprint density at radius 2 is 1.96 bits per heavy atom. The largest absolute Gasteiger partial charge is 0.325 e. The molecule has 0 radical (unpaired) electrons. The first-order valence-electron chi connectivity index (χ1n) is 7.59. The third kappa shape index (κ3) is 3.33. The molecule has 1 unspecified atom stereocenters. The van der Waals surface area contributed by atoms with Crippen molar-refractivity contribution >= 4 is 39.1 Å². The minimum Gasteiger partial charge on any atom is -0.325 e. The Balaban J connectivity index is 1.73. The van der Waals surface area contributed by atoms with Crippen molar-refractivity contribution in [2.45, 2.75) is 13.3 Å². The molecule has 1 atom stereocenters. The van der Waals surface area contributed by atoms with Crippen LogP contribution in [0.5, 0.6) is 0 Å². The van der Waals surface area contributed by atoms with Gasteiger partial charge in [0.05, 0.1) is 5.69 Å². The Bertz CT molecular complexity index is 792. The summed E-state index contributed by atoms with van der Waals surface area (Å²) in [5, 5.41) is 2.75. The molecule has 1 aliphatic rings. The monoisotopic (exact) mass is 390 g/mol. The van der Waals surface area contributed by atoms with Crippen LogP contribution in [-0.2, 0) is 9.59 Å². The Morgan fingerprint density at radius 1 is 1.25 bits per heavy atom. The lowest BCUT2D eigenvalue weighted by atomic mass is 10.1. The summed E-state index contributed by atoms with van der Waals surface area (Å²) in [5.74, 6) is -2.02. The highest BCUT2D eigenvalue weighted by Gasteiger charge is 2.38. The van der Waals surface area contributed by atoms with Gasteiger partial charge in [-0.1, -0.05) is 33.6 Å². The van der Waals surface area contributed by atoms with Gasteiger partial charge in [0.2, 0.25) is 11.8 Å². The number of benzene rings is 2. The van der Waals surface area contributed by atoms with Gasteiger partial charge < -0.3 is 10.2 Å². The van der Waals surface area contributed by atoms with Gasteiger partial charge in [0.1, 0.15) is 11.7 Å². The Labute approximate surface area is 147 Å². The highest BCUT2D eigenvalue weighted by atomic mass is 79.9. The fourth-order valence-electron chi connectivity index (χ4n) is 2.73. The molecule has 2 amide bonds. The van der Waals surface area contributed by atoms with Crippen LogP contribution in [0.4, 0.5) is 15.8 Å². The molecule has 4 nitrogen and oxygen atoms in total. The molecule has 2 aromatic rings. The van der Waals surface area contributed by atoms with E-state index >= 15 is 0 Å². The molecule has 6 heteroatoms. The molecule has 0 spiro atoms. The first kappa shape index (κ1) is 16.6. The van der Waals surface area contributed by atoms with E-state index in [-0.39, 0.29) is 17.5 Å². The van der Waals surface area contributed by atoms with Crippen molar-refractivity contribution in [3.05, 3.63) is 58.3 Å². The number of anilines is 2. The van der Waals surface area contributed by atoms with Crippen molar-refractivity contribution in [1.29, 1.82) is 0 Å². The van der Waals surface area contributed by atoms with Crippen molar-refractivity contribution in [3.63, 3.8) is 0 Å². The number of nitrogens with one attached hydrogen (secondary N) is 1. The van der Waals surface area contributed by atoms with Gasteiger partial charge in [0, 0.05) is 16.7 Å². The van der Waals surface area contributed by atoms with Crippen molar-refractivity contribution in [3.8, 4) is 0 Å². The third-order valence-electron chi connectivity index (χ3n) is 4.04. The number of amides is 2. The van der Waals surface area contributed by atoms with E-state index in [2.05, 4.69) is 21.2 Å². The maximum atomic E-state index is 14.1. The van der Waals surface area contributed by atoms with Gasteiger partial charge in [0.15, 0.2) is 0 Å². The van der Waals surface area contributed by atoms with Crippen LogP contribution in [0, 0.1) is 18.7 Å². The van der Waals surface area contributed by atoms with Gasteiger partial charge in [-0.25, -0.2) is 4.39 Å². The summed E-state index contributed by atoms with van der Waals surface area (Å²) in [6, 6.07) is 11.9. The molecule has 3 rings (SSSR count). The molecule has 2 aromatic carbocycles. The van der Waals surface area contributed by atoms with Crippen molar-refractivity contribution < 1.29 is 14.0 Å². The summed E-state index contributed by atoms with van der Waals surface area (Å²) < 4.78 is 14.7. The summed E-state index contributed by atoms with van der Waals surface area (Å²) in [6.07, 6.45) is 0.367. The number of aryl methyl sites for hydroxylation is 1. The maximum Gasteiger partial charge on any atom is 0.239 e. The summed E-state index contributed by atoms with van der Waals surface area (Å²) in [4.78, 5) is 26.2. The minimum atomic E-state index is -0.797. The van der Waals surface area contributed by atoms with E-state index in [4.69, 9.17) is 0 Å². The zero-order chi connectivity index (χ0) is 17.3. The number of carbonyl (C=O) groups excluding carboxylic acids is 2. The standard InChI is InChI=1S/C18H16BrFN2O2/c1-11-2-5-13(6-3-11)21-17(23)14-8-9-22(18(14)24)16-7-4-12(19)10-15(16)20/h2-7,10,14H,8-9H2,1H3,(H,21,23). The molecule has 1 heterocycles. The lowest BCUT2D eigenvalue weighted by Crippen LogP contribution is -2.33. The average Bonchev–Trinajstić information content (AvgIpc) is 2.91. The zero-order valence-corrected chi connectivity index (χ0v) is 14.6. The van der Waals surface area contributed by atoms with E-state index in [0.717, 1.165) is 5.56 Å². The number of hydrogen-bond donors (Lipinski definition) is 1. The van der Waals surface area contributed by atoms with Crippen molar-refractivity contribution in [2.75, 3.05) is 16.8 Å². The van der Waals surface area contributed by atoms with Gasteiger partial charge >= 0.3 is 0 Å². The highest BCUT2D eigenvalue weighted by Crippen LogP contribution is 2.30. The van der Waals surface area contributed by atoms with E-state index in [9.17, 15) is 14.0 Å². The summed E-state index contributed by atoms with van der Waals surface area (Å²) in [6.45, 7) is 2.28. The number of halogens is 2. The second-order valence-electron chi connectivity index (χ2n) is 5.78. The van der Waals surface area contributed by atoms with Gasteiger partial charge in [-0.05, 0) is 43.7 Å². The quantitative estimate of drug-likeness (QED) is 0.808. The summed E-state index contributed by atoms with van der Waals surface area (Å²) in [7, 11) is 0. The van der Waals surface area contributed by atoms with E-state index < -0.39 is 11.7 Å².